The summed E-state index contributed by atoms with van der Waals surface area (Å²) in [6.45, 7) is 8.84. The van der Waals surface area contributed by atoms with Gasteiger partial charge in [0.2, 0.25) is 0 Å². The lowest BCUT2D eigenvalue weighted by molar-refractivity contribution is 0.0141. The molecule has 0 aromatic carbocycles. The lowest BCUT2D eigenvalue weighted by Crippen LogP contribution is -2.15. The van der Waals surface area contributed by atoms with Gasteiger partial charge < -0.3 is 14.2 Å². The van der Waals surface area contributed by atoms with E-state index in [2.05, 4.69) is 13.8 Å². The molecule has 0 saturated carbocycles. The van der Waals surface area contributed by atoms with Gasteiger partial charge in [-0.1, -0.05) is 97.3 Å². The van der Waals surface area contributed by atoms with Crippen LogP contribution in [0, 0.1) is 5.92 Å². The zero-order chi connectivity index (χ0) is 20.1. The third-order valence-electron chi connectivity index (χ3n) is 5.86. The third kappa shape index (κ3) is 15.8. The Morgan fingerprint density at radius 2 is 1.07 bits per heavy atom. The Kier molecular flexibility index (Phi) is 18.7. The summed E-state index contributed by atoms with van der Waals surface area (Å²) in [6.07, 6.45) is 21.7. The van der Waals surface area contributed by atoms with Crippen molar-refractivity contribution in [3.05, 3.63) is 0 Å². The standard InChI is InChI=1S/C25H50O3/c1-3-5-7-9-10-11-12-13-15-17-18-26-21-24-20-25(28-22-24)23-27-19-16-14-8-6-4-2/h24-25H,3-23H2,1-2H3. The molecule has 0 bridgehead atoms. The van der Waals surface area contributed by atoms with E-state index in [9.17, 15) is 0 Å². The van der Waals surface area contributed by atoms with Gasteiger partial charge in [0, 0.05) is 19.1 Å². The molecule has 1 fully saturated rings. The summed E-state index contributed by atoms with van der Waals surface area (Å²) in [6, 6.07) is 0. The second-order valence-corrected chi connectivity index (χ2v) is 8.80. The highest BCUT2D eigenvalue weighted by Crippen LogP contribution is 2.20. The largest absolute Gasteiger partial charge is 0.381 e. The quantitative estimate of drug-likeness (QED) is 0.190. The van der Waals surface area contributed by atoms with Crippen LogP contribution in [0.2, 0.25) is 0 Å². The molecule has 0 spiro atoms. The van der Waals surface area contributed by atoms with Crippen LogP contribution < -0.4 is 0 Å². The Morgan fingerprint density at radius 1 is 0.607 bits per heavy atom. The molecule has 0 N–H and O–H groups in total. The average molecular weight is 399 g/mol. The third-order valence-corrected chi connectivity index (χ3v) is 5.86. The Morgan fingerprint density at radius 3 is 1.61 bits per heavy atom. The van der Waals surface area contributed by atoms with Crippen molar-refractivity contribution in [3.8, 4) is 0 Å². The minimum Gasteiger partial charge on any atom is -0.381 e. The summed E-state index contributed by atoms with van der Waals surface area (Å²) in [5, 5.41) is 0. The normalized spacial score (nSPS) is 19.5. The zero-order valence-electron chi connectivity index (χ0n) is 19.2. The Balaban J connectivity index is 1.79. The molecule has 0 amide bonds. The minimum atomic E-state index is 0.293. The van der Waals surface area contributed by atoms with Gasteiger partial charge in [-0.3, -0.25) is 0 Å². The van der Waals surface area contributed by atoms with Crippen LogP contribution in [0.1, 0.15) is 117 Å². The number of rotatable bonds is 21. The van der Waals surface area contributed by atoms with Crippen molar-refractivity contribution in [2.45, 2.75) is 123 Å². The molecule has 3 heteroatoms. The second kappa shape index (κ2) is 20.2. The first kappa shape index (κ1) is 25.9. The molecule has 1 saturated heterocycles. The van der Waals surface area contributed by atoms with Gasteiger partial charge in [-0.25, -0.2) is 0 Å². The Labute approximate surface area is 176 Å². The molecule has 0 aliphatic carbocycles. The second-order valence-electron chi connectivity index (χ2n) is 8.80. The maximum atomic E-state index is 5.90. The van der Waals surface area contributed by atoms with Crippen molar-refractivity contribution in [2.75, 3.05) is 33.0 Å². The van der Waals surface area contributed by atoms with Crippen molar-refractivity contribution in [1.82, 2.24) is 0 Å². The summed E-state index contributed by atoms with van der Waals surface area (Å²) in [4.78, 5) is 0. The van der Waals surface area contributed by atoms with Crippen LogP contribution in [0.5, 0.6) is 0 Å². The maximum absolute atomic E-state index is 5.90. The zero-order valence-corrected chi connectivity index (χ0v) is 19.2. The van der Waals surface area contributed by atoms with E-state index in [0.717, 1.165) is 39.5 Å². The molecule has 3 nitrogen and oxygen atoms in total. The first-order chi connectivity index (χ1) is 13.9. The molecule has 2 unspecified atom stereocenters. The van der Waals surface area contributed by atoms with Gasteiger partial charge in [0.15, 0.2) is 0 Å². The van der Waals surface area contributed by atoms with Crippen molar-refractivity contribution in [3.63, 3.8) is 0 Å². The SMILES string of the molecule is CCCCCCCCCCCCOCC1COC(COCCCCCCC)C1. The lowest BCUT2D eigenvalue weighted by Gasteiger charge is -2.11. The van der Waals surface area contributed by atoms with Crippen LogP contribution in [0.25, 0.3) is 0 Å². The fourth-order valence-electron chi connectivity index (χ4n) is 3.98. The summed E-state index contributed by atoms with van der Waals surface area (Å²) in [5.41, 5.74) is 0. The molecule has 0 aromatic rings. The molecule has 168 valence electrons. The molecule has 28 heavy (non-hydrogen) atoms. The van der Waals surface area contributed by atoms with Gasteiger partial charge in [-0.15, -0.1) is 0 Å². The van der Waals surface area contributed by atoms with E-state index in [1.165, 1.54) is 96.3 Å². The summed E-state index contributed by atoms with van der Waals surface area (Å²) in [7, 11) is 0. The topological polar surface area (TPSA) is 27.7 Å². The molecule has 2 atom stereocenters. The molecule has 1 rings (SSSR count). The lowest BCUT2D eigenvalue weighted by atomic mass is 10.1. The average Bonchev–Trinajstić information content (AvgIpc) is 3.16. The van der Waals surface area contributed by atoms with E-state index in [1.807, 2.05) is 0 Å². The molecular weight excluding hydrogens is 348 g/mol. The van der Waals surface area contributed by atoms with E-state index in [4.69, 9.17) is 14.2 Å². The Bertz CT molecular complexity index is 308. The van der Waals surface area contributed by atoms with E-state index in [-0.39, 0.29) is 0 Å². The Hall–Kier alpha value is -0.120. The minimum absolute atomic E-state index is 0.293. The van der Waals surface area contributed by atoms with Crippen molar-refractivity contribution < 1.29 is 14.2 Å². The fourth-order valence-corrected chi connectivity index (χ4v) is 3.98. The maximum Gasteiger partial charge on any atom is 0.0813 e. The molecule has 1 aliphatic rings. The summed E-state index contributed by atoms with van der Waals surface area (Å²) < 4.78 is 17.6. The monoisotopic (exact) mass is 398 g/mol. The van der Waals surface area contributed by atoms with Gasteiger partial charge in [-0.2, -0.15) is 0 Å². The van der Waals surface area contributed by atoms with Crippen LogP contribution in [0.4, 0.5) is 0 Å². The molecule has 1 aliphatic heterocycles. The molecule has 0 aromatic heterocycles. The smallest absolute Gasteiger partial charge is 0.0813 e. The van der Waals surface area contributed by atoms with E-state index < -0.39 is 0 Å². The van der Waals surface area contributed by atoms with E-state index >= 15 is 0 Å². The number of ether oxygens (including phenoxy) is 3. The number of hydrogen-bond donors (Lipinski definition) is 0. The van der Waals surface area contributed by atoms with Crippen LogP contribution in [-0.2, 0) is 14.2 Å². The van der Waals surface area contributed by atoms with E-state index in [1.54, 1.807) is 0 Å². The fraction of sp³-hybridized carbons (Fsp3) is 1.00. The number of hydrogen-bond acceptors (Lipinski definition) is 3. The summed E-state index contributed by atoms with van der Waals surface area (Å²) >= 11 is 0. The first-order valence-electron chi connectivity index (χ1n) is 12.6. The van der Waals surface area contributed by atoms with Gasteiger partial charge >= 0.3 is 0 Å². The summed E-state index contributed by atoms with van der Waals surface area (Å²) in [5.74, 6) is 0.571. The predicted molar refractivity (Wildman–Crippen MR) is 120 cm³/mol. The molecule has 0 radical (unpaired) electrons. The number of unbranched alkanes of at least 4 members (excludes halogenated alkanes) is 13. The van der Waals surface area contributed by atoms with Gasteiger partial charge in [0.05, 0.1) is 25.9 Å². The van der Waals surface area contributed by atoms with Crippen LogP contribution >= 0.6 is 0 Å². The van der Waals surface area contributed by atoms with E-state index in [0.29, 0.717) is 12.0 Å². The first-order valence-corrected chi connectivity index (χ1v) is 12.6. The van der Waals surface area contributed by atoms with Gasteiger partial charge in [0.25, 0.3) is 0 Å². The predicted octanol–water partition coefficient (Wildman–Crippen LogP) is 7.32. The highest BCUT2D eigenvalue weighted by atomic mass is 16.5. The molecule has 1 heterocycles. The van der Waals surface area contributed by atoms with Crippen LogP contribution in [0.15, 0.2) is 0 Å². The van der Waals surface area contributed by atoms with Crippen LogP contribution in [-0.4, -0.2) is 39.1 Å². The molecular formula is C25H50O3. The van der Waals surface area contributed by atoms with Crippen molar-refractivity contribution >= 4 is 0 Å². The van der Waals surface area contributed by atoms with Crippen LogP contribution in [0.3, 0.4) is 0 Å². The van der Waals surface area contributed by atoms with Gasteiger partial charge in [-0.05, 0) is 19.3 Å². The highest BCUT2D eigenvalue weighted by molar-refractivity contribution is 4.73. The van der Waals surface area contributed by atoms with Crippen molar-refractivity contribution in [1.29, 1.82) is 0 Å². The van der Waals surface area contributed by atoms with Crippen molar-refractivity contribution in [2.24, 2.45) is 5.92 Å². The van der Waals surface area contributed by atoms with Gasteiger partial charge in [0.1, 0.15) is 0 Å². The highest BCUT2D eigenvalue weighted by Gasteiger charge is 2.25.